The summed E-state index contributed by atoms with van der Waals surface area (Å²) in [7, 11) is 0. The molecule has 0 aromatic heterocycles. The summed E-state index contributed by atoms with van der Waals surface area (Å²) in [6.45, 7) is 2.72. The van der Waals surface area contributed by atoms with Crippen molar-refractivity contribution in [2.24, 2.45) is 0 Å². The lowest BCUT2D eigenvalue weighted by molar-refractivity contribution is 0.0977. The fourth-order valence-electron chi connectivity index (χ4n) is 1.85. The van der Waals surface area contributed by atoms with Gasteiger partial charge in [-0.1, -0.05) is 19.1 Å². The van der Waals surface area contributed by atoms with Crippen LogP contribution in [0.4, 0.5) is 5.69 Å². The van der Waals surface area contributed by atoms with E-state index in [0.29, 0.717) is 12.2 Å². The van der Waals surface area contributed by atoms with Crippen LogP contribution >= 0.6 is 34.8 Å². The maximum atomic E-state index is 12.1. The SMILES string of the molecule is CCCOc1cccc(NC(=S)NC(=O)c2cccc(I)c2)c1. The standard InChI is InChI=1S/C17H17IN2O2S/c1-2-9-22-15-8-4-7-14(11-15)19-17(23)20-16(21)12-5-3-6-13(18)10-12/h3-8,10-11H,2,9H2,1H3,(H2,19,20,21,23). The van der Waals surface area contributed by atoms with E-state index in [0.717, 1.165) is 21.4 Å². The van der Waals surface area contributed by atoms with Gasteiger partial charge in [0.1, 0.15) is 5.75 Å². The predicted molar refractivity (Wildman–Crippen MR) is 105 cm³/mol. The van der Waals surface area contributed by atoms with Crippen LogP contribution in [-0.2, 0) is 0 Å². The average molecular weight is 440 g/mol. The maximum Gasteiger partial charge on any atom is 0.257 e. The van der Waals surface area contributed by atoms with Crippen LogP contribution in [0.3, 0.4) is 0 Å². The molecule has 2 N–H and O–H groups in total. The van der Waals surface area contributed by atoms with Gasteiger partial charge < -0.3 is 10.1 Å². The van der Waals surface area contributed by atoms with Crippen LogP contribution in [0.5, 0.6) is 5.75 Å². The van der Waals surface area contributed by atoms with Gasteiger partial charge in [0.25, 0.3) is 5.91 Å². The molecule has 120 valence electrons. The first kappa shape index (κ1) is 17.7. The summed E-state index contributed by atoms with van der Waals surface area (Å²) in [6, 6.07) is 14.8. The predicted octanol–water partition coefficient (Wildman–Crippen LogP) is 4.21. The molecule has 0 saturated heterocycles. The maximum absolute atomic E-state index is 12.1. The Morgan fingerprint density at radius 1 is 1.22 bits per heavy atom. The first-order valence-electron chi connectivity index (χ1n) is 7.19. The summed E-state index contributed by atoms with van der Waals surface area (Å²) >= 11 is 7.35. The number of hydrogen-bond donors (Lipinski definition) is 2. The molecular formula is C17H17IN2O2S. The van der Waals surface area contributed by atoms with Crippen LogP contribution < -0.4 is 15.4 Å². The molecule has 23 heavy (non-hydrogen) atoms. The molecule has 2 aromatic carbocycles. The lowest BCUT2D eigenvalue weighted by Crippen LogP contribution is -2.34. The van der Waals surface area contributed by atoms with Gasteiger partial charge in [0, 0.05) is 20.9 Å². The molecule has 0 saturated carbocycles. The molecule has 0 aliphatic rings. The highest BCUT2D eigenvalue weighted by atomic mass is 127. The monoisotopic (exact) mass is 440 g/mol. The fourth-order valence-corrected chi connectivity index (χ4v) is 2.60. The summed E-state index contributed by atoms with van der Waals surface area (Å²) in [5.41, 5.74) is 1.34. The number of hydrogen-bond acceptors (Lipinski definition) is 3. The lowest BCUT2D eigenvalue weighted by atomic mass is 10.2. The van der Waals surface area contributed by atoms with Crippen molar-refractivity contribution in [3.63, 3.8) is 0 Å². The number of benzene rings is 2. The van der Waals surface area contributed by atoms with Gasteiger partial charge in [-0.25, -0.2) is 0 Å². The highest BCUT2D eigenvalue weighted by Gasteiger charge is 2.08. The van der Waals surface area contributed by atoms with Crippen LogP contribution in [0.1, 0.15) is 23.7 Å². The normalized spacial score (nSPS) is 10.0. The van der Waals surface area contributed by atoms with Gasteiger partial charge in [0.2, 0.25) is 0 Å². The molecule has 2 aromatic rings. The summed E-state index contributed by atoms with van der Waals surface area (Å²) < 4.78 is 6.56. The van der Waals surface area contributed by atoms with Crippen molar-refractivity contribution in [2.75, 3.05) is 11.9 Å². The minimum Gasteiger partial charge on any atom is -0.494 e. The molecule has 0 radical (unpaired) electrons. The fraction of sp³-hybridized carbons (Fsp3) is 0.176. The summed E-state index contributed by atoms with van der Waals surface area (Å²) in [6.07, 6.45) is 0.946. The van der Waals surface area contributed by atoms with E-state index in [1.165, 1.54) is 0 Å². The number of ether oxygens (including phenoxy) is 1. The number of carbonyl (C=O) groups excluding carboxylic acids is 1. The Morgan fingerprint density at radius 3 is 2.74 bits per heavy atom. The van der Waals surface area contributed by atoms with Crippen LogP contribution in [0, 0.1) is 3.57 Å². The van der Waals surface area contributed by atoms with Crippen molar-refractivity contribution < 1.29 is 9.53 Å². The number of carbonyl (C=O) groups is 1. The van der Waals surface area contributed by atoms with Gasteiger partial charge in [-0.05, 0) is 71.6 Å². The molecule has 0 bridgehead atoms. The van der Waals surface area contributed by atoms with E-state index in [9.17, 15) is 4.79 Å². The Balaban J connectivity index is 1.95. The number of halogens is 1. The summed E-state index contributed by atoms with van der Waals surface area (Å²) in [4.78, 5) is 12.1. The van der Waals surface area contributed by atoms with Gasteiger partial charge in [0.15, 0.2) is 5.11 Å². The lowest BCUT2D eigenvalue weighted by Gasteiger charge is -2.11. The van der Waals surface area contributed by atoms with Gasteiger partial charge in [0.05, 0.1) is 6.61 Å². The second kappa shape index (κ2) is 8.83. The van der Waals surface area contributed by atoms with E-state index in [1.807, 2.05) is 36.4 Å². The van der Waals surface area contributed by atoms with Gasteiger partial charge >= 0.3 is 0 Å². The Hall–Kier alpha value is -1.67. The number of amides is 1. The topological polar surface area (TPSA) is 50.4 Å². The number of thiocarbonyl (C=S) groups is 1. The minimum atomic E-state index is -0.237. The Bertz CT molecular complexity index is 706. The highest BCUT2D eigenvalue weighted by Crippen LogP contribution is 2.17. The Kier molecular flexibility index (Phi) is 6.79. The smallest absolute Gasteiger partial charge is 0.257 e. The molecular weight excluding hydrogens is 423 g/mol. The molecule has 0 spiro atoms. The van der Waals surface area contributed by atoms with Gasteiger partial charge in [-0.3, -0.25) is 10.1 Å². The largest absolute Gasteiger partial charge is 0.494 e. The van der Waals surface area contributed by atoms with E-state index in [1.54, 1.807) is 12.1 Å². The molecule has 4 nitrogen and oxygen atoms in total. The molecule has 0 heterocycles. The molecule has 0 fully saturated rings. The number of anilines is 1. The van der Waals surface area contributed by atoms with Crippen LogP contribution in [0.2, 0.25) is 0 Å². The zero-order chi connectivity index (χ0) is 16.7. The van der Waals surface area contributed by atoms with Crippen molar-refractivity contribution in [1.29, 1.82) is 0 Å². The molecule has 0 aliphatic heterocycles. The van der Waals surface area contributed by atoms with Crippen LogP contribution in [0.25, 0.3) is 0 Å². The zero-order valence-electron chi connectivity index (χ0n) is 12.6. The van der Waals surface area contributed by atoms with E-state index in [4.69, 9.17) is 17.0 Å². The minimum absolute atomic E-state index is 0.237. The van der Waals surface area contributed by atoms with Crippen molar-refractivity contribution in [2.45, 2.75) is 13.3 Å². The van der Waals surface area contributed by atoms with Crippen molar-refractivity contribution in [3.05, 3.63) is 57.7 Å². The molecule has 1 amide bonds. The quantitative estimate of drug-likeness (QED) is 0.541. The number of nitrogens with one attached hydrogen (secondary N) is 2. The molecule has 0 atom stereocenters. The molecule has 0 aliphatic carbocycles. The first-order valence-corrected chi connectivity index (χ1v) is 8.68. The van der Waals surface area contributed by atoms with E-state index >= 15 is 0 Å². The highest BCUT2D eigenvalue weighted by molar-refractivity contribution is 14.1. The van der Waals surface area contributed by atoms with E-state index in [2.05, 4.69) is 40.1 Å². The summed E-state index contributed by atoms with van der Waals surface area (Å²) in [5.74, 6) is 0.531. The van der Waals surface area contributed by atoms with Crippen molar-refractivity contribution in [3.8, 4) is 5.75 Å². The van der Waals surface area contributed by atoms with Crippen molar-refractivity contribution in [1.82, 2.24) is 5.32 Å². The third-order valence-electron chi connectivity index (χ3n) is 2.88. The van der Waals surface area contributed by atoms with Crippen molar-refractivity contribution >= 4 is 51.5 Å². The average Bonchev–Trinajstić information content (AvgIpc) is 2.53. The Labute approximate surface area is 154 Å². The third kappa shape index (κ3) is 5.80. The second-order valence-corrected chi connectivity index (χ2v) is 6.45. The zero-order valence-corrected chi connectivity index (χ0v) is 15.6. The second-order valence-electron chi connectivity index (χ2n) is 4.79. The number of rotatable bonds is 5. The molecule has 0 unspecified atom stereocenters. The van der Waals surface area contributed by atoms with Crippen LogP contribution in [0.15, 0.2) is 48.5 Å². The Morgan fingerprint density at radius 2 is 2.00 bits per heavy atom. The van der Waals surface area contributed by atoms with Gasteiger partial charge in [-0.15, -0.1) is 0 Å². The molecule has 2 rings (SSSR count). The first-order chi connectivity index (χ1) is 11.1. The van der Waals surface area contributed by atoms with Crippen LogP contribution in [-0.4, -0.2) is 17.6 Å². The molecule has 6 heteroatoms. The van der Waals surface area contributed by atoms with E-state index < -0.39 is 0 Å². The van der Waals surface area contributed by atoms with E-state index in [-0.39, 0.29) is 11.0 Å². The van der Waals surface area contributed by atoms with Gasteiger partial charge in [-0.2, -0.15) is 0 Å². The summed E-state index contributed by atoms with van der Waals surface area (Å²) in [5, 5.41) is 5.91. The third-order valence-corrected chi connectivity index (χ3v) is 3.75.